The molecule has 1 aliphatic heterocycles. The van der Waals surface area contributed by atoms with E-state index in [1.807, 2.05) is 30.3 Å². The van der Waals surface area contributed by atoms with E-state index in [9.17, 15) is 4.79 Å². The van der Waals surface area contributed by atoms with E-state index in [0.717, 1.165) is 31.1 Å². The van der Waals surface area contributed by atoms with Crippen LogP contribution in [-0.4, -0.2) is 19.0 Å². The van der Waals surface area contributed by atoms with E-state index in [2.05, 4.69) is 10.6 Å². The molecule has 2 N–H and O–H groups in total. The van der Waals surface area contributed by atoms with Gasteiger partial charge in [0.05, 0.1) is 0 Å². The highest BCUT2D eigenvalue weighted by Crippen LogP contribution is 2.18. The monoisotopic (exact) mass is 268 g/mol. The number of carbonyl (C=O) groups excluding carboxylic acids is 1. The fourth-order valence-electron chi connectivity index (χ4n) is 2.25. The van der Waals surface area contributed by atoms with Crippen molar-refractivity contribution in [2.24, 2.45) is 5.92 Å². The average Bonchev–Trinajstić information content (AvgIpc) is 2.39. The van der Waals surface area contributed by atoms with Gasteiger partial charge in [-0.05, 0) is 50.4 Å². The fourth-order valence-corrected chi connectivity index (χ4v) is 2.25. The number of hydrogen-bond acceptors (Lipinski definition) is 2. The lowest BCUT2D eigenvalue weighted by atomic mass is 9.93. The normalized spacial score (nSPS) is 15.8. The summed E-state index contributed by atoms with van der Waals surface area (Å²) in [6.07, 6.45) is 4.07. The van der Waals surface area contributed by atoms with E-state index in [1.54, 1.807) is 0 Å². The summed E-state index contributed by atoms with van der Waals surface area (Å²) in [4.78, 5) is 11.7. The quantitative estimate of drug-likeness (QED) is 0.882. The molecule has 3 nitrogen and oxygen atoms in total. The lowest BCUT2D eigenvalue weighted by Crippen LogP contribution is -2.28. The molecule has 1 amide bonds. The van der Waals surface area contributed by atoms with E-state index >= 15 is 0 Å². The average molecular weight is 269 g/mol. The molecule has 0 aliphatic carbocycles. The lowest BCUT2D eigenvalue weighted by molar-refractivity contribution is -0.116. The van der Waals surface area contributed by atoms with Crippen molar-refractivity contribution in [2.45, 2.75) is 25.7 Å². The summed E-state index contributed by atoms with van der Waals surface area (Å²) >= 11 is 0. The molecular formula is C14H21ClN2O. The Hall–Kier alpha value is -1.06. The molecule has 4 heteroatoms. The van der Waals surface area contributed by atoms with E-state index in [0.29, 0.717) is 6.42 Å². The van der Waals surface area contributed by atoms with Crippen molar-refractivity contribution < 1.29 is 4.79 Å². The molecule has 0 bridgehead atoms. The molecule has 100 valence electrons. The van der Waals surface area contributed by atoms with Crippen molar-refractivity contribution in [3.63, 3.8) is 0 Å². The molecule has 0 aromatic heterocycles. The van der Waals surface area contributed by atoms with Crippen molar-refractivity contribution in [3.8, 4) is 0 Å². The minimum absolute atomic E-state index is 0. The standard InChI is InChI=1S/C14H20N2O.ClH/c17-14(16-13-4-2-1-3-5-13)7-6-12-8-10-15-11-9-12;/h1-5,12,15H,6-11H2,(H,16,17);1H. The first-order chi connectivity index (χ1) is 8.34. The Morgan fingerprint density at radius 2 is 1.89 bits per heavy atom. The molecular weight excluding hydrogens is 248 g/mol. The molecule has 1 saturated heterocycles. The maximum Gasteiger partial charge on any atom is 0.224 e. The number of amides is 1. The van der Waals surface area contributed by atoms with Gasteiger partial charge in [0, 0.05) is 12.1 Å². The minimum atomic E-state index is 0. The van der Waals surface area contributed by atoms with Crippen LogP contribution < -0.4 is 10.6 Å². The summed E-state index contributed by atoms with van der Waals surface area (Å²) < 4.78 is 0. The van der Waals surface area contributed by atoms with Gasteiger partial charge in [0.25, 0.3) is 0 Å². The summed E-state index contributed by atoms with van der Waals surface area (Å²) in [7, 11) is 0. The maximum absolute atomic E-state index is 11.7. The molecule has 0 saturated carbocycles. The Kier molecular flexibility index (Phi) is 6.76. The number of benzene rings is 1. The zero-order valence-electron chi connectivity index (χ0n) is 10.5. The molecule has 1 aliphatic rings. The number of rotatable bonds is 4. The predicted octanol–water partition coefficient (Wildman–Crippen LogP) is 2.83. The van der Waals surface area contributed by atoms with Crippen LogP contribution in [0.5, 0.6) is 0 Å². The highest BCUT2D eigenvalue weighted by atomic mass is 35.5. The molecule has 1 heterocycles. The lowest BCUT2D eigenvalue weighted by Gasteiger charge is -2.22. The first-order valence-corrected chi connectivity index (χ1v) is 6.40. The van der Waals surface area contributed by atoms with E-state index < -0.39 is 0 Å². The molecule has 1 fully saturated rings. The van der Waals surface area contributed by atoms with Crippen molar-refractivity contribution >= 4 is 24.0 Å². The summed E-state index contributed by atoms with van der Waals surface area (Å²) in [6, 6.07) is 9.65. The van der Waals surface area contributed by atoms with Crippen molar-refractivity contribution in [1.29, 1.82) is 0 Å². The van der Waals surface area contributed by atoms with Crippen molar-refractivity contribution in [3.05, 3.63) is 30.3 Å². The highest BCUT2D eigenvalue weighted by molar-refractivity contribution is 5.90. The van der Waals surface area contributed by atoms with Crippen LogP contribution >= 0.6 is 12.4 Å². The highest BCUT2D eigenvalue weighted by Gasteiger charge is 2.14. The second-order valence-corrected chi connectivity index (χ2v) is 4.65. The van der Waals surface area contributed by atoms with Crippen LogP contribution in [0.1, 0.15) is 25.7 Å². The van der Waals surface area contributed by atoms with Gasteiger partial charge in [-0.25, -0.2) is 0 Å². The van der Waals surface area contributed by atoms with E-state index in [1.165, 1.54) is 12.8 Å². The van der Waals surface area contributed by atoms with E-state index in [-0.39, 0.29) is 18.3 Å². The smallest absolute Gasteiger partial charge is 0.224 e. The molecule has 18 heavy (non-hydrogen) atoms. The number of carbonyl (C=O) groups is 1. The number of anilines is 1. The Morgan fingerprint density at radius 3 is 2.56 bits per heavy atom. The SMILES string of the molecule is Cl.O=C(CCC1CCNCC1)Nc1ccccc1. The third kappa shape index (κ3) is 5.07. The number of hydrogen-bond donors (Lipinski definition) is 2. The summed E-state index contributed by atoms with van der Waals surface area (Å²) in [5.41, 5.74) is 0.891. The van der Waals surface area contributed by atoms with Crippen LogP contribution in [0, 0.1) is 5.92 Å². The second kappa shape index (κ2) is 8.11. The largest absolute Gasteiger partial charge is 0.326 e. The predicted molar refractivity (Wildman–Crippen MR) is 77.1 cm³/mol. The van der Waals surface area contributed by atoms with Crippen molar-refractivity contribution in [1.82, 2.24) is 5.32 Å². The van der Waals surface area contributed by atoms with Gasteiger partial charge in [-0.1, -0.05) is 18.2 Å². The maximum atomic E-state index is 11.7. The molecule has 0 spiro atoms. The molecule has 1 aromatic rings. The third-order valence-corrected chi connectivity index (χ3v) is 3.30. The van der Waals surface area contributed by atoms with Gasteiger partial charge in [0.2, 0.25) is 5.91 Å². The summed E-state index contributed by atoms with van der Waals surface area (Å²) in [5, 5.41) is 6.27. The van der Waals surface area contributed by atoms with Crippen LogP contribution in [0.2, 0.25) is 0 Å². The third-order valence-electron chi connectivity index (χ3n) is 3.30. The Bertz CT molecular complexity index is 350. The number of nitrogens with one attached hydrogen (secondary N) is 2. The van der Waals surface area contributed by atoms with Gasteiger partial charge >= 0.3 is 0 Å². The second-order valence-electron chi connectivity index (χ2n) is 4.65. The minimum Gasteiger partial charge on any atom is -0.326 e. The van der Waals surface area contributed by atoms with Crippen molar-refractivity contribution in [2.75, 3.05) is 18.4 Å². The Labute approximate surface area is 115 Å². The van der Waals surface area contributed by atoms with Gasteiger partial charge in [0.15, 0.2) is 0 Å². The van der Waals surface area contributed by atoms with Crippen LogP contribution in [0.4, 0.5) is 5.69 Å². The van der Waals surface area contributed by atoms with Crippen LogP contribution in [-0.2, 0) is 4.79 Å². The van der Waals surface area contributed by atoms with Gasteiger partial charge in [-0.2, -0.15) is 0 Å². The number of piperidine rings is 1. The zero-order chi connectivity index (χ0) is 11.9. The first-order valence-electron chi connectivity index (χ1n) is 6.40. The van der Waals surface area contributed by atoms with Crippen LogP contribution in [0.15, 0.2) is 30.3 Å². The van der Waals surface area contributed by atoms with Gasteiger partial charge in [-0.15, -0.1) is 12.4 Å². The topological polar surface area (TPSA) is 41.1 Å². The number of halogens is 1. The Morgan fingerprint density at radius 1 is 1.22 bits per heavy atom. The van der Waals surface area contributed by atoms with Gasteiger partial charge in [-0.3, -0.25) is 4.79 Å². The fraction of sp³-hybridized carbons (Fsp3) is 0.500. The van der Waals surface area contributed by atoms with Crippen LogP contribution in [0.3, 0.4) is 0 Å². The summed E-state index contributed by atoms with van der Waals surface area (Å²) in [6.45, 7) is 2.20. The van der Waals surface area contributed by atoms with Gasteiger partial charge < -0.3 is 10.6 Å². The van der Waals surface area contributed by atoms with E-state index in [4.69, 9.17) is 0 Å². The van der Waals surface area contributed by atoms with Crippen LogP contribution in [0.25, 0.3) is 0 Å². The molecule has 0 unspecified atom stereocenters. The number of para-hydroxylation sites is 1. The first kappa shape index (κ1) is 15.0. The zero-order valence-corrected chi connectivity index (χ0v) is 11.3. The molecule has 2 rings (SSSR count). The molecule has 0 atom stereocenters. The molecule has 0 radical (unpaired) electrons. The summed E-state index contributed by atoms with van der Waals surface area (Å²) in [5.74, 6) is 0.854. The van der Waals surface area contributed by atoms with Gasteiger partial charge in [0.1, 0.15) is 0 Å². The molecule has 1 aromatic carbocycles. The Balaban J connectivity index is 0.00000162.